The summed E-state index contributed by atoms with van der Waals surface area (Å²) in [6, 6.07) is -0.208. The van der Waals surface area contributed by atoms with Crippen molar-refractivity contribution in [3.05, 3.63) is 0 Å². The van der Waals surface area contributed by atoms with Crippen LogP contribution >= 0.6 is 0 Å². The first kappa shape index (κ1) is 15.3. The fraction of sp³-hybridized carbons (Fsp3) is 0.875. The van der Waals surface area contributed by atoms with Gasteiger partial charge in [0.1, 0.15) is 6.04 Å². The van der Waals surface area contributed by atoms with E-state index in [0.717, 1.165) is 25.8 Å². The van der Waals surface area contributed by atoms with Crippen molar-refractivity contribution < 1.29 is 9.59 Å². The van der Waals surface area contributed by atoms with Crippen molar-refractivity contribution >= 4 is 11.8 Å². The topological polar surface area (TPSA) is 49.4 Å². The summed E-state index contributed by atoms with van der Waals surface area (Å²) in [5, 5.41) is 2.93. The molecule has 1 aliphatic carbocycles. The van der Waals surface area contributed by atoms with Crippen LogP contribution in [0.25, 0.3) is 0 Å². The molecule has 2 fully saturated rings. The second kappa shape index (κ2) is 7.09. The molecule has 0 spiro atoms. The molecule has 114 valence electrons. The molecule has 1 N–H and O–H groups in total. The average molecular weight is 280 g/mol. The molecule has 20 heavy (non-hydrogen) atoms. The highest BCUT2D eigenvalue weighted by molar-refractivity contribution is 5.91. The van der Waals surface area contributed by atoms with Crippen LogP contribution in [0.3, 0.4) is 0 Å². The quantitative estimate of drug-likeness (QED) is 0.728. The van der Waals surface area contributed by atoms with Crippen LogP contribution in [-0.2, 0) is 9.59 Å². The molecule has 0 aromatic carbocycles. The Labute approximate surface area is 122 Å². The molecule has 0 aromatic rings. The molecule has 2 rings (SSSR count). The van der Waals surface area contributed by atoms with Crippen molar-refractivity contribution in [1.29, 1.82) is 0 Å². The lowest BCUT2D eigenvalue weighted by molar-refractivity contribution is -0.135. The van der Waals surface area contributed by atoms with Gasteiger partial charge in [-0.15, -0.1) is 0 Å². The van der Waals surface area contributed by atoms with Crippen LogP contribution in [-0.4, -0.2) is 35.3 Å². The molecule has 2 aliphatic rings. The predicted octanol–water partition coefficient (Wildman–Crippen LogP) is 2.47. The van der Waals surface area contributed by atoms with Crippen LogP contribution in [0, 0.1) is 5.92 Å². The molecule has 4 heteroatoms. The van der Waals surface area contributed by atoms with E-state index < -0.39 is 0 Å². The zero-order valence-electron chi connectivity index (χ0n) is 12.9. The van der Waals surface area contributed by atoms with Crippen molar-refractivity contribution in [1.82, 2.24) is 10.2 Å². The van der Waals surface area contributed by atoms with Crippen molar-refractivity contribution in [2.75, 3.05) is 6.54 Å². The first-order valence-corrected chi connectivity index (χ1v) is 8.23. The van der Waals surface area contributed by atoms with E-state index in [0.29, 0.717) is 12.3 Å². The maximum Gasteiger partial charge on any atom is 0.245 e. The molecular weight excluding hydrogens is 252 g/mol. The number of nitrogens with one attached hydrogen (secondary N) is 1. The number of carbonyl (C=O) groups excluding carboxylic acids is 2. The minimum Gasteiger partial charge on any atom is -0.344 e. The van der Waals surface area contributed by atoms with Crippen LogP contribution < -0.4 is 5.32 Å². The minimum absolute atomic E-state index is 0.0382. The lowest BCUT2D eigenvalue weighted by Crippen LogP contribution is -2.47. The summed E-state index contributed by atoms with van der Waals surface area (Å²) in [5.41, 5.74) is 0. The molecule has 1 heterocycles. The van der Waals surface area contributed by atoms with Gasteiger partial charge < -0.3 is 10.2 Å². The molecule has 1 saturated heterocycles. The van der Waals surface area contributed by atoms with Crippen molar-refractivity contribution in [3.63, 3.8) is 0 Å². The lowest BCUT2D eigenvalue weighted by atomic mass is 10.1. The van der Waals surface area contributed by atoms with Gasteiger partial charge in [0.15, 0.2) is 0 Å². The third kappa shape index (κ3) is 3.97. The fourth-order valence-corrected chi connectivity index (χ4v) is 3.03. The van der Waals surface area contributed by atoms with Crippen LogP contribution in [0.5, 0.6) is 0 Å². The van der Waals surface area contributed by atoms with Crippen molar-refractivity contribution in [2.24, 2.45) is 5.92 Å². The monoisotopic (exact) mass is 280 g/mol. The van der Waals surface area contributed by atoms with Crippen LogP contribution in [0.15, 0.2) is 0 Å². The Morgan fingerprint density at radius 1 is 1.15 bits per heavy atom. The van der Waals surface area contributed by atoms with Gasteiger partial charge in [0.05, 0.1) is 0 Å². The standard InChI is InChI=1S/C16H28N2O2/c1-3-4-5-6-7-10-18-12(2)11-14(19)17-15(16(18)20)13-8-9-13/h12-13,15H,3-11H2,1-2H3,(H,17,19). The molecule has 1 aliphatic heterocycles. The van der Waals surface area contributed by atoms with Gasteiger partial charge >= 0.3 is 0 Å². The number of amides is 2. The summed E-state index contributed by atoms with van der Waals surface area (Å²) in [7, 11) is 0. The van der Waals surface area contributed by atoms with E-state index in [1.165, 1.54) is 25.7 Å². The summed E-state index contributed by atoms with van der Waals surface area (Å²) in [6.45, 7) is 5.01. The Morgan fingerprint density at radius 3 is 2.50 bits per heavy atom. The van der Waals surface area contributed by atoms with Crippen LogP contribution in [0.2, 0.25) is 0 Å². The van der Waals surface area contributed by atoms with Crippen LogP contribution in [0.4, 0.5) is 0 Å². The summed E-state index contributed by atoms with van der Waals surface area (Å²) < 4.78 is 0. The van der Waals surface area contributed by atoms with Gasteiger partial charge in [-0.2, -0.15) is 0 Å². The highest BCUT2D eigenvalue weighted by atomic mass is 16.2. The Hall–Kier alpha value is -1.06. The number of carbonyl (C=O) groups is 2. The van der Waals surface area contributed by atoms with Gasteiger partial charge in [0, 0.05) is 19.0 Å². The highest BCUT2D eigenvalue weighted by Crippen LogP contribution is 2.34. The molecule has 0 aromatic heterocycles. The molecular formula is C16H28N2O2. The zero-order valence-corrected chi connectivity index (χ0v) is 12.9. The number of hydrogen-bond donors (Lipinski definition) is 1. The lowest BCUT2D eigenvalue weighted by Gasteiger charge is -2.28. The maximum absolute atomic E-state index is 12.6. The molecule has 2 amide bonds. The summed E-state index contributed by atoms with van der Waals surface area (Å²) >= 11 is 0. The van der Waals surface area contributed by atoms with Gasteiger partial charge in [-0.1, -0.05) is 32.6 Å². The largest absolute Gasteiger partial charge is 0.344 e. The second-order valence-electron chi connectivity index (χ2n) is 6.38. The SMILES string of the molecule is CCCCCCCN1C(=O)C(C2CC2)NC(=O)CC1C. The van der Waals surface area contributed by atoms with E-state index in [-0.39, 0.29) is 23.9 Å². The van der Waals surface area contributed by atoms with E-state index in [1.807, 2.05) is 11.8 Å². The number of nitrogens with zero attached hydrogens (tertiary/aromatic N) is 1. The Balaban J connectivity index is 1.89. The average Bonchev–Trinajstić information content (AvgIpc) is 3.23. The Bertz CT molecular complexity index is 352. The van der Waals surface area contributed by atoms with Crippen molar-refractivity contribution in [2.45, 2.75) is 77.3 Å². The first-order chi connectivity index (χ1) is 9.63. The minimum atomic E-state index is -0.247. The third-order valence-corrected chi connectivity index (χ3v) is 4.47. The fourth-order valence-electron chi connectivity index (χ4n) is 3.03. The summed E-state index contributed by atoms with van der Waals surface area (Å²) in [4.78, 5) is 26.4. The maximum atomic E-state index is 12.6. The van der Waals surface area contributed by atoms with E-state index in [1.54, 1.807) is 0 Å². The number of unbranched alkanes of at least 4 members (excludes halogenated alkanes) is 4. The normalized spacial score (nSPS) is 27.4. The van der Waals surface area contributed by atoms with Crippen molar-refractivity contribution in [3.8, 4) is 0 Å². The Morgan fingerprint density at radius 2 is 1.85 bits per heavy atom. The number of hydrogen-bond acceptors (Lipinski definition) is 2. The summed E-state index contributed by atoms with van der Waals surface area (Å²) in [5.74, 6) is 0.580. The van der Waals surface area contributed by atoms with Gasteiger partial charge in [-0.05, 0) is 32.1 Å². The van der Waals surface area contributed by atoms with E-state index in [4.69, 9.17) is 0 Å². The summed E-state index contributed by atoms with van der Waals surface area (Å²) in [6.07, 6.45) is 8.60. The highest BCUT2D eigenvalue weighted by Gasteiger charge is 2.42. The smallest absolute Gasteiger partial charge is 0.245 e. The van der Waals surface area contributed by atoms with Crippen LogP contribution in [0.1, 0.15) is 65.2 Å². The molecule has 4 nitrogen and oxygen atoms in total. The molecule has 0 bridgehead atoms. The van der Waals surface area contributed by atoms with E-state index in [9.17, 15) is 9.59 Å². The van der Waals surface area contributed by atoms with Gasteiger partial charge in [0.2, 0.25) is 11.8 Å². The first-order valence-electron chi connectivity index (χ1n) is 8.23. The van der Waals surface area contributed by atoms with E-state index in [2.05, 4.69) is 12.2 Å². The molecule has 1 saturated carbocycles. The third-order valence-electron chi connectivity index (χ3n) is 4.47. The molecule has 0 radical (unpaired) electrons. The second-order valence-corrected chi connectivity index (χ2v) is 6.38. The van der Waals surface area contributed by atoms with Gasteiger partial charge in [-0.25, -0.2) is 0 Å². The Kier molecular flexibility index (Phi) is 5.44. The van der Waals surface area contributed by atoms with Gasteiger partial charge in [0.25, 0.3) is 0 Å². The van der Waals surface area contributed by atoms with E-state index >= 15 is 0 Å². The molecule has 2 atom stereocenters. The predicted molar refractivity (Wildman–Crippen MR) is 79.2 cm³/mol. The molecule has 2 unspecified atom stereocenters. The number of rotatable bonds is 7. The van der Waals surface area contributed by atoms with Gasteiger partial charge in [-0.3, -0.25) is 9.59 Å². The zero-order chi connectivity index (χ0) is 14.5.